The third kappa shape index (κ3) is 7.21. The minimum Gasteiger partial charge on any atom is -0.338 e. The summed E-state index contributed by atoms with van der Waals surface area (Å²) in [6.45, 7) is 7.20. The number of urea groups is 1. The molecule has 1 aliphatic rings. The number of piperidine rings is 1. The van der Waals surface area contributed by atoms with Gasteiger partial charge in [0.05, 0.1) is 0 Å². The van der Waals surface area contributed by atoms with Crippen molar-refractivity contribution in [1.82, 2.24) is 15.5 Å². The number of hydrogen-bond donors (Lipinski definition) is 2. The fourth-order valence-corrected chi connectivity index (χ4v) is 1.99. The van der Waals surface area contributed by atoms with Gasteiger partial charge in [0.15, 0.2) is 0 Å². The summed E-state index contributed by atoms with van der Waals surface area (Å²) in [5, 5.41) is 5.69. The quantitative estimate of drug-likeness (QED) is 0.666. The van der Waals surface area contributed by atoms with E-state index in [0.29, 0.717) is 0 Å². The maximum absolute atomic E-state index is 11.2. The summed E-state index contributed by atoms with van der Waals surface area (Å²) < 4.78 is 0. The predicted octanol–water partition coefficient (Wildman–Crippen LogP) is 1.78. The Morgan fingerprint density at radius 2 is 1.88 bits per heavy atom. The maximum atomic E-state index is 11.2. The Hall–Kier alpha value is -0.770. The molecule has 0 saturated carbocycles. The minimum absolute atomic E-state index is 0.0283. The molecule has 0 bridgehead atoms. The number of nitrogens with zero attached hydrogens (tertiary/aromatic N) is 1. The molecule has 17 heavy (non-hydrogen) atoms. The first kappa shape index (κ1) is 14.3. The van der Waals surface area contributed by atoms with Crippen molar-refractivity contribution in [3.8, 4) is 0 Å². The lowest BCUT2D eigenvalue weighted by molar-refractivity contribution is 0.238. The second-order valence-corrected chi connectivity index (χ2v) is 4.60. The summed E-state index contributed by atoms with van der Waals surface area (Å²) >= 11 is 0. The molecule has 0 spiro atoms. The summed E-state index contributed by atoms with van der Waals surface area (Å²) in [5.74, 6) is 0. The number of nitrogens with one attached hydrogen (secondary N) is 2. The summed E-state index contributed by atoms with van der Waals surface area (Å²) in [7, 11) is 0. The Morgan fingerprint density at radius 1 is 1.18 bits per heavy atom. The van der Waals surface area contributed by atoms with Gasteiger partial charge in [-0.05, 0) is 58.2 Å². The van der Waals surface area contributed by atoms with Gasteiger partial charge >= 0.3 is 6.03 Å². The standard InChI is InChI=1S/C13H26N3O/c1-2-8-14-13(17)15-9-4-7-12-16-10-5-3-6-11-16/h3H,2,4-12H2,1H3,(H2,14,15,17). The first-order chi connectivity index (χ1) is 8.33. The average molecular weight is 240 g/mol. The Labute approximate surface area is 105 Å². The molecule has 0 aliphatic carbocycles. The lowest BCUT2D eigenvalue weighted by atomic mass is 10.1. The van der Waals surface area contributed by atoms with Crippen LogP contribution in [0.1, 0.15) is 39.0 Å². The third-order valence-corrected chi connectivity index (χ3v) is 3.02. The highest BCUT2D eigenvalue weighted by Crippen LogP contribution is 2.08. The molecule has 0 unspecified atom stereocenters. The van der Waals surface area contributed by atoms with Crippen LogP contribution >= 0.6 is 0 Å². The maximum Gasteiger partial charge on any atom is 0.314 e. The van der Waals surface area contributed by atoms with Crippen molar-refractivity contribution in [3.63, 3.8) is 0 Å². The van der Waals surface area contributed by atoms with E-state index in [1.807, 2.05) is 0 Å². The summed E-state index contributed by atoms with van der Waals surface area (Å²) in [6.07, 6.45) is 8.07. The molecule has 2 N–H and O–H groups in total. The van der Waals surface area contributed by atoms with E-state index in [4.69, 9.17) is 0 Å². The number of rotatable bonds is 7. The zero-order valence-corrected chi connectivity index (χ0v) is 11.0. The highest BCUT2D eigenvalue weighted by atomic mass is 16.2. The topological polar surface area (TPSA) is 44.4 Å². The van der Waals surface area contributed by atoms with Gasteiger partial charge in [-0.3, -0.25) is 0 Å². The molecule has 4 heteroatoms. The monoisotopic (exact) mass is 240 g/mol. The van der Waals surface area contributed by atoms with Crippen LogP contribution in [0.4, 0.5) is 4.79 Å². The van der Waals surface area contributed by atoms with Crippen LogP contribution in [0.3, 0.4) is 0 Å². The van der Waals surface area contributed by atoms with Crippen LogP contribution in [0.2, 0.25) is 0 Å². The van der Waals surface area contributed by atoms with E-state index in [1.54, 1.807) is 0 Å². The zero-order chi connectivity index (χ0) is 12.3. The van der Waals surface area contributed by atoms with Gasteiger partial charge in [0.1, 0.15) is 0 Å². The van der Waals surface area contributed by atoms with Gasteiger partial charge < -0.3 is 15.5 Å². The van der Waals surface area contributed by atoms with Crippen LogP contribution in [0, 0.1) is 6.42 Å². The van der Waals surface area contributed by atoms with Gasteiger partial charge in [-0.15, -0.1) is 0 Å². The van der Waals surface area contributed by atoms with Gasteiger partial charge in [-0.25, -0.2) is 4.79 Å². The molecule has 0 aromatic rings. The average Bonchev–Trinajstić information content (AvgIpc) is 2.37. The molecule has 1 rings (SSSR count). The van der Waals surface area contributed by atoms with Crippen LogP contribution in [0.15, 0.2) is 0 Å². The van der Waals surface area contributed by atoms with Crippen LogP contribution in [0.25, 0.3) is 0 Å². The van der Waals surface area contributed by atoms with Gasteiger partial charge in [0.25, 0.3) is 0 Å². The molecule has 1 saturated heterocycles. The molecule has 1 radical (unpaired) electrons. The van der Waals surface area contributed by atoms with Crippen molar-refractivity contribution in [2.24, 2.45) is 0 Å². The van der Waals surface area contributed by atoms with Crippen molar-refractivity contribution in [3.05, 3.63) is 6.42 Å². The Bertz CT molecular complexity index is 203. The molecule has 0 aromatic heterocycles. The number of amides is 2. The highest BCUT2D eigenvalue weighted by Gasteiger charge is 2.08. The summed E-state index contributed by atoms with van der Waals surface area (Å²) in [4.78, 5) is 13.7. The van der Waals surface area contributed by atoms with Gasteiger partial charge in [-0.1, -0.05) is 6.92 Å². The number of carbonyl (C=O) groups excluding carboxylic acids is 1. The van der Waals surface area contributed by atoms with E-state index in [1.165, 1.54) is 38.9 Å². The van der Waals surface area contributed by atoms with Crippen LogP contribution in [-0.2, 0) is 0 Å². The molecule has 99 valence electrons. The first-order valence-electron chi connectivity index (χ1n) is 6.88. The zero-order valence-electron chi connectivity index (χ0n) is 11.0. The molecular formula is C13H26N3O. The molecule has 0 aromatic carbocycles. The SMILES string of the molecule is CCCNC(=O)NCCCCN1CC[CH]CC1. The van der Waals surface area contributed by atoms with Gasteiger partial charge in [0, 0.05) is 13.1 Å². The smallest absolute Gasteiger partial charge is 0.314 e. The molecule has 0 atom stereocenters. The first-order valence-corrected chi connectivity index (χ1v) is 6.88. The Balaban J connectivity index is 1.88. The van der Waals surface area contributed by atoms with E-state index in [9.17, 15) is 4.79 Å². The van der Waals surface area contributed by atoms with E-state index >= 15 is 0 Å². The fraction of sp³-hybridized carbons (Fsp3) is 0.846. The van der Waals surface area contributed by atoms with Crippen molar-refractivity contribution < 1.29 is 4.79 Å². The van der Waals surface area contributed by atoms with Crippen LogP contribution < -0.4 is 10.6 Å². The molecular weight excluding hydrogens is 214 g/mol. The van der Waals surface area contributed by atoms with E-state index < -0.39 is 0 Å². The largest absolute Gasteiger partial charge is 0.338 e. The summed E-state index contributed by atoms with van der Waals surface area (Å²) in [5.41, 5.74) is 0. The van der Waals surface area contributed by atoms with E-state index in [2.05, 4.69) is 28.9 Å². The Kier molecular flexibility index (Phi) is 7.80. The van der Waals surface area contributed by atoms with Crippen molar-refractivity contribution in [2.45, 2.75) is 39.0 Å². The van der Waals surface area contributed by atoms with Crippen molar-refractivity contribution in [1.29, 1.82) is 0 Å². The van der Waals surface area contributed by atoms with Gasteiger partial charge in [0.2, 0.25) is 0 Å². The third-order valence-electron chi connectivity index (χ3n) is 3.02. The lowest BCUT2D eigenvalue weighted by Crippen LogP contribution is -2.36. The summed E-state index contributed by atoms with van der Waals surface area (Å²) in [6, 6.07) is -0.0283. The van der Waals surface area contributed by atoms with Crippen molar-refractivity contribution in [2.75, 3.05) is 32.7 Å². The lowest BCUT2D eigenvalue weighted by Gasteiger charge is -2.26. The normalized spacial score (nSPS) is 16.8. The molecule has 1 aliphatic heterocycles. The minimum atomic E-state index is -0.0283. The number of carbonyl (C=O) groups is 1. The molecule has 4 nitrogen and oxygen atoms in total. The molecule has 1 fully saturated rings. The fourth-order valence-electron chi connectivity index (χ4n) is 1.99. The van der Waals surface area contributed by atoms with E-state index in [0.717, 1.165) is 25.9 Å². The number of hydrogen-bond acceptors (Lipinski definition) is 2. The second kappa shape index (κ2) is 9.28. The van der Waals surface area contributed by atoms with Gasteiger partial charge in [-0.2, -0.15) is 0 Å². The molecule has 2 amide bonds. The number of unbranched alkanes of at least 4 members (excludes halogenated alkanes) is 1. The highest BCUT2D eigenvalue weighted by molar-refractivity contribution is 5.73. The van der Waals surface area contributed by atoms with E-state index in [-0.39, 0.29) is 6.03 Å². The van der Waals surface area contributed by atoms with Crippen LogP contribution in [-0.4, -0.2) is 43.7 Å². The molecule has 1 heterocycles. The van der Waals surface area contributed by atoms with Crippen LogP contribution in [0.5, 0.6) is 0 Å². The number of likely N-dealkylation sites (tertiary alicyclic amines) is 1. The van der Waals surface area contributed by atoms with Crippen molar-refractivity contribution >= 4 is 6.03 Å². The Morgan fingerprint density at radius 3 is 2.59 bits per heavy atom. The second-order valence-electron chi connectivity index (χ2n) is 4.60. The predicted molar refractivity (Wildman–Crippen MR) is 70.9 cm³/mol.